The first kappa shape index (κ1) is 20.6. The molecule has 1 aromatic heterocycles. The van der Waals surface area contributed by atoms with E-state index >= 15 is 0 Å². The lowest BCUT2D eigenvalue weighted by atomic mass is 10.1. The summed E-state index contributed by atoms with van der Waals surface area (Å²) >= 11 is 5.85. The fourth-order valence-electron chi connectivity index (χ4n) is 2.80. The third-order valence-corrected chi connectivity index (χ3v) is 4.72. The van der Waals surface area contributed by atoms with E-state index in [9.17, 15) is 9.59 Å². The van der Waals surface area contributed by atoms with Crippen LogP contribution in [0.25, 0.3) is 10.9 Å². The Morgan fingerprint density at radius 3 is 2.55 bits per heavy atom. The first-order chi connectivity index (χ1) is 13.9. The molecule has 1 amide bonds. The van der Waals surface area contributed by atoms with Crippen molar-refractivity contribution < 1.29 is 19.1 Å². The minimum Gasteiger partial charge on any atom is -0.497 e. The molecule has 0 bridgehead atoms. The van der Waals surface area contributed by atoms with Gasteiger partial charge in [-0.25, -0.2) is 4.79 Å². The number of carbonyl (C=O) groups excluding carboxylic acids is 2. The fraction of sp³-hybridized carbons (Fsp3) is 0.227. The minimum atomic E-state index is -0.949. The molecule has 0 saturated carbocycles. The molecule has 6 nitrogen and oxygen atoms in total. The zero-order valence-electron chi connectivity index (χ0n) is 16.4. The van der Waals surface area contributed by atoms with Gasteiger partial charge in [-0.3, -0.25) is 9.78 Å². The van der Waals surface area contributed by atoms with Gasteiger partial charge in [-0.2, -0.15) is 0 Å². The molecule has 2 aromatic carbocycles. The highest BCUT2D eigenvalue weighted by atomic mass is 35.5. The Balaban J connectivity index is 1.67. The number of benzene rings is 2. The summed E-state index contributed by atoms with van der Waals surface area (Å²) in [5.41, 5.74) is 2.47. The molecule has 1 N–H and O–H groups in total. The number of amides is 1. The molecule has 0 spiro atoms. The van der Waals surface area contributed by atoms with E-state index in [2.05, 4.69) is 10.3 Å². The average Bonchev–Trinajstić information content (AvgIpc) is 2.72. The van der Waals surface area contributed by atoms with Crippen molar-refractivity contribution >= 4 is 34.4 Å². The Labute approximate surface area is 173 Å². The Bertz CT molecular complexity index is 1050. The third kappa shape index (κ3) is 5.03. The standard InChI is InChI=1S/C22H21ClN2O4/c1-13-19(11-16-10-18(28-3)8-9-20(16)25-13)22(27)29-14(2)21(26)24-12-15-4-6-17(23)7-5-15/h4-11,14H,12H2,1-3H3,(H,24,26). The zero-order chi connectivity index (χ0) is 21.0. The maximum absolute atomic E-state index is 12.6. The maximum atomic E-state index is 12.6. The number of hydrogen-bond acceptors (Lipinski definition) is 5. The lowest BCUT2D eigenvalue weighted by Crippen LogP contribution is -2.35. The fourth-order valence-corrected chi connectivity index (χ4v) is 2.92. The second-order valence-corrected chi connectivity index (χ2v) is 7.01. The van der Waals surface area contributed by atoms with Crippen LogP contribution in [-0.4, -0.2) is 30.1 Å². The van der Waals surface area contributed by atoms with Crippen LogP contribution in [0.1, 0.15) is 28.5 Å². The molecule has 1 heterocycles. The highest BCUT2D eigenvalue weighted by molar-refractivity contribution is 6.30. The number of halogens is 1. The summed E-state index contributed by atoms with van der Waals surface area (Å²) in [5.74, 6) is -0.326. The van der Waals surface area contributed by atoms with Gasteiger partial charge in [0.25, 0.3) is 5.91 Å². The van der Waals surface area contributed by atoms with E-state index in [0.29, 0.717) is 28.6 Å². The largest absolute Gasteiger partial charge is 0.497 e. The van der Waals surface area contributed by atoms with Gasteiger partial charge in [-0.1, -0.05) is 23.7 Å². The number of aromatic nitrogens is 1. The minimum absolute atomic E-state index is 0.308. The number of pyridine rings is 1. The van der Waals surface area contributed by atoms with Gasteiger partial charge in [-0.05, 0) is 55.8 Å². The maximum Gasteiger partial charge on any atom is 0.340 e. The summed E-state index contributed by atoms with van der Waals surface area (Å²) in [6, 6.07) is 14.2. The molecule has 0 fully saturated rings. The Hall–Kier alpha value is -3.12. The number of fused-ring (bicyclic) bond motifs is 1. The van der Waals surface area contributed by atoms with Crippen molar-refractivity contribution in [2.45, 2.75) is 26.5 Å². The van der Waals surface area contributed by atoms with Gasteiger partial charge in [0.2, 0.25) is 0 Å². The van der Waals surface area contributed by atoms with Crippen LogP contribution in [0.2, 0.25) is 5.02 Å². The van der Waals surface area contributed by atoms with Crippen LogP contribution in [0.4, 0.5) is 0 Å². The molecule has 0 saturated heterocycles. The van der Waals surface area contributed by atoms with Crippen molar-refractivity contribution in [3.8, 4) is 5.75 Å². The number of esters is 1. The van der Waals surface area contributed by atoms with Crippen LogP contribution >= 0.6 is 11.6 Å². The van der Waals surface area contributed by atoms with Gasteiger partial charge in [0, 0.05) is 17.0 Å². The van der Waals surface area contributed by atoms with E-state index in [4.69, 9.17) is 21.1 Å². The summed E-state index contributed by atoms with van der Waals surface area (Å²) in [6.07, 6.45) is -0.949. The van der Waals surface area contributed by atoms with Crippen LogP contribution in [0, 0.1) is 6.92 Å². The van der Waals surface area contributed by atoms with Crippen molar-refractivity contribution in [2.24, 2.45) is 0 Å². The SMILES string of the molecule is COc1ccc2nc(C)c(C(=O)OC(C)C(=O)NCc3ccc(Cl)cc3)cc2c1. The molecular weight excluding hydrogens is 392 g/mol. The summed E-state index contributed by atoms with van der Waals surface area (Å²) in [5, 5.41) is 4.12. The first-order valence-electron chi connectivity index (χ1n) is 9.06. The molecule has 0 aliphatic carbocycles. The highest BCUT2D eigenvalue weighted by Gasteiger charge is 2.21. The quantitative estimate of drug-likeness (QED) is 0.617. The van der Waals surface area contributed by atoms with Gasteiger partial charge in [0.05, 0.1) is 23.9 Å². The van der Waals surface area contributed by atoms with Crippen molar-refractivity contribution in [1.29, 1.82) is 0 Å². The van der Waals surface area contributed by atoms with E-state index in [1.807, 2.05) is 18.2 Å². The third-order valence-electron chi connectivity index (χ3n) is 4.47. The van der Waals surface area contributed by atoms with Crippen molar-refractivity contribution in [2.75, 3.05) is 7.11 Å². The van der Waals surface area contributed by atoms with Crippen LogP contribution in [0.5, 0.6) is 5.75 Å². The molecular formula is C22H21ClN2O4. The van der Waals surface area contributed by atoms with Gasteiger partial charge >= 0.3 is 5.97 Å². The lowest BCUT2D eigenvalue weighted by Gasteiger charge is -2.15. The molecule has 1 unspecified atom stereocenters. The molecule has 3 aromatic rings. The number of hydrogen-bond donors (Lipinski definition) is 1. The second-order valence-electron chi connectivity index (χ2n) is 6.57. The predicted octanol–water partition coefficient (Wildman–Crippen LogP) is 4.07. The van der Waals surface area contributed by atoms with E-state index < -0.39 is 12.1 Å². The number of rotatable bonds is 6. The summed E-state index contributed by atoms with van der Waals surface area (Å²) in [7, 11) is 1.57. The number of aryl methyl sites for hydroxylation is 1. The molecule has 29 heavy (non-hydrogen) atoms. The van der Waals surface area contributed by atoms with Crippen LogP contribution in [0.3, 0.4) is 0 Å². The molecule has 150 valence electrons. The van der Waals surface area contributed by atoms with Crippen molar-refractivity contribution in [1.82, 2.24) is 10.3 Å². The van der Waals surface area contributed by atoms with Crippen molar-refractivity contribution in [3.63, 3.8) is 0 Å². The van der Waals surface area contributed by atoms with E-state index in [0.717, 1.165) is 16.5 Å². The van der Waals surface area contributed by atoms with Gasteiger partial charge < -0.3 is 14.8 Å². The first-order valence-corrected chi connectivity index (χ1v) is 9.43. The lowest BCUT2D eigenvalue weighted by molar-refractivity contribution is -0.129. The van der Waals surface area contributed by atoms with Gasteiger partial charge in [0.1, 0.15) is 5.75 Å². The average molecular weight is 413 g/mol. The molecule has 0 aliphatic heterocycles. The predicted molar refractivity (Wildman–Crippen MR) is 111 cm³/mol. The van der Waals surface area contributed by atoms with Crippen LogP contribution in [-0.2, 0) is 16.1 Å². The molecule has 0 radical (unpaired) electrons. The Morgan fingerprint density at radius 1 is 1.14 bits per heavy atom. The number of methoxy groups -OCH3 is 1. The smallest absolute Gasteiger partial charge is 0.340 e. The summed E-state index contributed by atoms with van der Waals surface area (Å²) < 4.78 is 10.6. The van der Waals surface area contributed by atoms with Gasteiger partial charge in [-0.15, -0.1) is 0 Å². The van der Waals surface area contributed by atoms with Crippen LogP contribution in [0.15, 0.2) is 48.5 Å². The Morgan fingerprint density at radius 2 is 1.86 bits per heavy atom. The second kappa shape index (κ2) is 8.92. The molecule has 7 heteroatoms. The summed E-state index contributed by atoms with van der Waals surface area (Å²) in [6.45, 7) is 3.57. The highest BCUT2D eigenvalue weighted by Crippen LogP contribution is 2.22. The normalized spacial score (nSPS) is 11.7. The number of nitrogens with zero attached hydrogens (tertiary/aromatic N) is 1. The van der Waals surface area contributed by atoms with Gasteiger partial charge in [0.15, 0.2) is 6.10 Å². The zero-order valence-corrected chi connectivity index (χ0v) is 17.1. The number of nitrogens with one attached hydrogen (secondary N) is 1. The Kier molecular flexibility index (Phi) is 6.34. The van der Waals surface area contributed by atoms with E-state index in [1.165, 1.54) is 6.92 Å². The van der Waals surface area contributed by atoms with E-state index in [-0.39, 0.29) is 5.91 Å². The molecule has 0 aliphatic rings. The van der Waals surface area contributed by atoms with Crippen molar-refractivity contribution in [3.05, 3.63) is 70.4 Å². The topological polar surface area (TPSA) is 77.5 Å². The number of ether oxygens (including phenoxy) is 2. The summed E-state index contributed by atoms with van der Waals surface area (Å²) in [4.78, 5) is 29.3. The van der Waals surface area contributed by atoms with Crippen LogP contribution < -0.4 is 10.1 Å². The molecule has 3 rings (SSSR count). The monoisotopic (exact) mass is 412 g/mol. The molecule has 1 atom stereocenters. The van der Waals surface area contributed by atoms with E-state index in [1.54, 1.807) is 44.4 Å². The number of carbonyl (C=O) groups is 2.